The molecular weight excluding hydrogens is 440 g/mol. The number of hydrogen-bond acceptors (Lipinski definition) is 8. The molecule has 0 atom stereocenters. The fraction of sp³-hybridized carbons (Fsp3) is 0.222. The van der Waals surface area contributed by atoms with Gasteiger partial charge in [-0.25, -0.2) is 8.42 Å². The van der Waals surface area contributed by atoms with E-state index in [1.165, 1.54) is 6.07 Å². The number of aryl methyl sites for hydroxylation is 1. The van der Waals surface area contributed by atoms with Crippen molar-refractivity contribution in [2.45, 2.75) is 22.0 Å². The lowest BCUT2D eigenvalue weighted by Gasteiger charge is -2.28. The number of tetrazole rings is 1. The van der Waals surface area contributed by atoms with E-state index in [0.717, 1.165) is 5.56 Å². The Bertz CT molecular complexity index is 1450. The van der Waals surface area contributed by atoms with Crippen LogP contribution in [0.25, 0.3) is 22.5 Å². The van der Waals surface area contributed by atoms with Crippen molar-refractivity contribution in [3.63, 3.8) is 0 Å². The number of hydrogen-bond donors (Lipinski definition) is 4. The van der Waals surface area contributed by atoms with Gasteiger partial charge < -0.3 is 9.87 Å². The van der Waals surface area contributed by atoms with Crippen LogP contribution in [0.5, 0.6) is 0 Å². The Morgan fingerprint density at radius 3 is 2.52 bits per heavy atom. The second-order valence-corrected chi connectivity index (χ2v) is 9.96. The molecule has 0 amide bonds. The first kappa shape index (κ1) is 19.9. The minimum Gasteiger partial charge on any atom is -0.325 e. The highest BCUT2D eigenvalue weighted by Crippen LogP contribution is 2.41. The molecule has 2 aliphatic rings. The average molecular weight is 458 g/mol. The molecule has 0 bridgehead atoms. The average Bonchev–Trinajstić information content (AvgIpc) is 3.35. The zero-order valence-corrected chi connectivity index (χ0v) is 17.8. The molecule has 1 aromatic heterocycles. The maximum absolute atomic E-state index is 13.2. The number of nitrogens with zero attached hydrogens (tertiary/aromatic N) is 5. The molecular formula is C18H17N8O3S2+. The fourth-order valence-electron chi connectivity index (χ4n) is 3.66. The van der Waals surface area contributed by atoms with Gasteiger partial charge >= 0.3 is 5.96 Å². The third-order valence-corrected chi connectivity index (χ3v) is 8.27. The number of aromatic nitrogens is 4. The highest BCUT2D eigenvalue weighted by molar-refractivity contribution is 7.96. The summed E-state index contributed by atoms with van der Waals surface area (Å²) in [4.78, 5) is 8.80. The topological polar surface area (TPSA) is 171 Å². The first-order valence-corrected chi connectivity index (χ1v) is 11.6. The van der Waals surface area contributed by atoms with E-state index in [4.69, 9.17) is 5.41 Å². The number of guanidine groups is 1. The van der Waals surface area contributed by atoms with Gasteiger partial charge in [0.1, 0.15) is 0 Å². The normalized spacial score (nSPS) is 15.9. The predicted molar refractivity (Wildman–Crippen MR) is 111 cm³/mol. The van der Waals surface area contributed by atoms with Crippen LogP contribution in [0.1, 0.15) is 5.56 Å². The maximum atomic E-state index is 13.2. The van der Waals surface area contributed by atoms with Crippen LogP contribution in [0.15, 0.2) is 44.0 Å². The summed E-state index contributed by atoms with van der Waals surface area (Å²) in [6.45, 7) is 2.62. The standard InChI is InChI=1S/C18H16N8O3S2/c1-8-2-3-11(15-14(8)21-18(19)22-15)10-4-5-12(31(28,29)9-6-20-7-9)16(30-27)13(10)17-23-25-26-24-17/h2-5,9,19-20,27H,6-7H2,1H3,(H,23,24,25,26)/p+1. The van der Waals surface area contributed by atoms with E-state index in [1.807, 2.05) is 19.1 Å². The molecule has 11 nitrogen and oxygen atoms in total. The lowest BCUT2D eigenvalue weighted by Crippen LogP contribution is -2.51. The van der Waals surface area contributed by atoms with Gasteiger partial charge in [0, 0.05) is 36.3 Å². The van der Waals surface area contributed by atoms with Crippen molar-refractivity contribution in [2.24, 2.45) is 9.98 Å². The van der Waals surface area contributed by atoms with Crippen LogP contribution >= 0.6 is 12.0 Å². The third-order valence-electron chi connectivity index (χ3n) is 5.37. The third kappa shape index (κ3) is 3.08. The first-order chi connectivity index (χ1) is 14.9. The second kappa shape index (κ2) is 7.30. The second-order valence-electron chi connectivity index (χ2n) is 7.18. The molecule has 0 radical (unpaired) electrons. The van der Waals surface area contributed by atoms with Crippen LogP contribution in [0, 0.1) is 6.92 Å². The summed E-state index contributed by atoms with van der Waals surface area (Å²) in [6, 6.07) is 6.89. The van der Waals surface area contributed by atoms with Crippen LogP contribution < -0.4 is 21.4 Å². The van der Waals surface area contributed by atoms with Crippen molar-refractivity contribution in [3.05, 3.63) is 40.5 Å². The summed E-state index contributed by atoms with van der Waals surface area (Å²) < 4.78 is 36.5. The van der Waals surface area contributed by atoms with Crippen molar-refractivity contribution in [3.8, 4) is 22.5 Å². The van der Waals surface area contributed by atoms with E-state index in [-0.39, 0.29) is 21.6 Å². The highest BCUT2D eigenvalue weighted by atomic mass is 32.2. The number of fused-ring (bicyclic) bond motifs is 1. The summed E-state index contributed by atoms with van der Waals surface area (Å²) in [7, 11) is -3.68. The van der Waals surface area contributed by atoms with E-state index in [0.29, 0.717) is 52.5 Å². The smallest absolute Gasteiger partial charge is 0.325 e. The number of nitrogens with two attached hydrogens (primary N) is 1. The minimum absolute atomic E-state index is 0.0199. The van der Waals surface area contributed by atoms with Crippen molar-refractivity contribution in [1.29, 1.82) is 0 Å². The summed E-state index contributed by atoms with van der Waals surface area (Å²) >= 11 is 0.340. The fourth-order valence-corrected chi connectivity index (χ4v) is 6.22. The van der Waals surface area contributed by atoms with Crippen LogP contribution in [0.3, 0.4) is 0 Å². The molecule has 0 unspecified atom stereocenters. The Morgan fingerprint density at radius 2 is 1.87 bits per heavy atom. The number of benzene rings is 2. The van der Waals surface area contributed by atoms with Gasteiger partial charge in [-0.1, -0.05) is 28.2 Å². The molecule has 0 spiro atoms. The molecule has 31 heavy (non-hydrogen) atoms. The van der Waals surface area contributed by atoms with Crippen LogP contribution in [-0.2, 0) is 9.84 Å². The summed E-state index contributed by atoms with van der Waals surface area (Å²) in [5.41, 5.74) is 2.47. The lowest BCUT2D eigenvalue weighted by molar-refractivity contribution is -0.116. The Morgan fingerprint density at radius 1 is 1.13 bits per heavy atom. The summed E-state index contributed by atoms with van der Waals surface area (Å²) in [5.74, 6) is 0.289. The predicted octanol–water partition coefficient (Wildman–Crippen LogP) is -1.48. The van der Waals surface area contributed by atoms with Crippen LogP contribution in [0.2, 0.25) is 0 Å². The Labute approximate surface area is 180 Å². The van der Waals surface area contributed by atoms with E-state index >= 15 is 0 Å². The van der Waals surface area contributed by atoms with Crippen LogP contribution in [0.4, 0.5) is 0 Å². The molecule has 2 aliphatic heterocycles. The number of nitrogens with one attached hydrogen (secondary N) is 2. The molecule has 158 valence electrons. The summed E-state index contributed by atoms with van der Waals surface area (Å²) in [6.07, 6.45) is 0. The molecule has 5 rings (SSSR count). The SMILES string of the molecule is Cc1ccc(-c2ccc(S(=O)(=O)C3CNC3)c(SO)c2-c2nn[nH]n2)c2c1=NC(=[NH2+])N=2. The van der Waals surface area contributed by atoms with Gasteiger partial charge in [-0.15, -0.1) is 10.2 Å². The first-order valence-electron chi connectivity index (χ1n) is 9.28. The number of H-pyrrole nitrogens is 1. The molecule has 1 saturated heterocycles. The monoisotopic (exact) mass is 457 g/mol. The van der Waals surface area contributed by atoms with Gasteiger partial charge in [0.15, 0.2) is 20.6 Å². The van der Waals surface area contributed by atoms with Crippen molar-refractivity contribution in [1.82, 2.24) is 25.9 Å². The molecule has 1 fully saturated rings. The molecule has 3 heterocycles. The van der Waals surface area contributed by atoms with Crippen molar-refractivity contribution >= 4 is 27.8 Å². The van der Waals surface area contributed by atoms with Crippen LogP contribution in [-0.4, -0.2) is 57.9 Å². The van der Waals surface area contributed by atoms with Gasteiger partial charge in [0.25, 0.3) is 0 Å². The minimum atomic E-state index is -3.68. The van der Waals surface area contributed by atoms with E-state index in [2.05, 4.69) is 35.9 Å². The highest BCUT2D eigenvalue weighted by Gasteiger charge is 2.36. The van der Waals surface area contributed by atoms with Gasteiger partial charge in [-0.05, 0) is 29.3 Å². The number of sulfone groups is 1. The molecule has 13 heteroatoms. The van der Waals surface area contributed by atoms with Crippen molar-refractivity contribution in [2.75, 3.05) is 13.1 Å². The zero-order chi connectivity index (χ0) is 21.8. The van der Waals surface area contributed by atoms with E-state index in [1.54, 1.807) is 6.07 Å². The molecule has 3 aromatic rings. The zero-order valence-electron chi connectivity index (χ0n) is 16.2. The molecule has 5 N–H and O–H groups in total. The number of aromatic amines is 1. The van der Waals surface area contributed by atoms with E-state index < -0.39 is 15.1 Å². The summed E-state index contributed by atoms with van der Waals surface area (Å²) in [5, 5.41) is 23.5. The maximum Gasteiger partial charge on any atom is 0.424 e. The Kier molecular flexibility index (Phi) is 4.69. The molecule has 0 saturated carbocycles. The van der Waals surface area contributed by atoms with Gasteiger partial charge in [-0.3, -0.25) is 5.41 Å². The van der Waals surface area contributed by atoms with Gasteiger partial charge in [0.05, 0.1) is 15.0 Å². The van der Waals surface area contributed by atoms with Gasteiger partial charge in [0.2, 0.25) is 5.82 Å². The van der Waals surface area contributed by atoms with Crippen molar-refractivity contribution < 1.29 is 18.4 Å². The Hall–Kier alpha value is -3.00. The molecule has 0 aliphatic carbocycles. The molecule has 2 aromatic carbocycles. The van der Waals surface area contributed by atoms with E-state index in [9.17, 15) is 13.0 Å². The largest absolute Gasteiger partial charge is 0.424 e. The Balaban J connectivity index is 1.84. The lowest BCUT2D eigenvalue weighted by atomic mass is 9.97. The quantitative estimate of drug-likeness (QED) is 0.336. The number of rotatable bonds is 5. The van der Waals surface area contributed by atoms with Gasteiger partial charge in [-0.2, -0.15) is 5.21 Å².